The fourth-order valence-electron chi connectivity index (χ4n) is 2.65. The van der Waals surface area contributed by atoms with Crippen molar-refractivity contribution in [2.24, 2.45) is 5.92 Å². The van der Waals surface area contributed by atoms with Crippen LogP contribution in [0.5, 0.6) is 11.8 Å². The first-order chi connectivity index (χ1) is 9.09. The van der Waals surface area contributed by atoms with Gasteiger partial charge in [-0.3, -0.25) is 0 Å². The third kappa shape index (κ3) is 2.97. The molecule has 5 heteroatoms. The molecule has 2 atom stereocenters. The smallest absolute Gasteiger partial charge is 0.241 e. The summed E-state index contributed by atoms with van der Waals surface area (Å²) in [5, 5.41) is 10.9. The van der Waals surface area contributed by atoms with Crippen molar-refractivity contribution < 1.29 is 14.6 Å². The van der Waals surface area contributed by atoms with E-state index in [1.165, 1.54) is 20.4 Å². The number of aromatic nitrogens is 2. The predicted octanol–water partition coefficient (Wildman–Crippen LogP) is 2.28. The normalized spacial score (nSPS) is 27.7. The van der Waals surface area contributed by atoms with E-state index in [4.69, 9.17) is 9.47 Å². The van der Waals surface area contributed by atoms with Gasteiger partial charge in [0.15, 0.2) is 0 Å². The van der Waals surface area contributed by atoms with Crippen molar-refractivity contribution >= 4 is 0 Å². The second-order valence-electron chi connectivity index (χ2n) is 5.34. The second-order valence-corrected chi connectivity index (χ2v) is 5.34. The zero-order chi connectivity index (χ0) is 13.9. The maximum atomic E-state index is 10.9. The molecule has 0 aliphatic heterocycles. The first kappa shape index (κ1) is 14.1. The van der Waals surface area contributed by atoms with E-state index in [2.05, 4.69) is 16.9 Å². The average Bonchev–Trinajstić information content (AvgIpc) is 2.61. The van der Waals surface area contributed by atoms with Gasteiger partial charge in [0.1, 0.15) is 11.3 Å². The Bertz CT molecular complexity index is 439. The lowest BCUT2D eigenvalue weighted by Gasteiger charge is -2.27. The van der Waals surface area contributed by atoms with Crippen molar-refractivity contribution in [1.29, 1.82) is 0 Å². The summed E-state index contributed by atoms with van der Waals surface area (Å²) in [5.41, 5.74) is -0.403. The number of methoxy groups -OCH3 is 2. The maximum absolute atomic E-state index is 10.9. The highest BCUT2D eigenvalue weighted by Crippen LogP contribution is 2.40. The Morgan fingerprint density at radius 2 is 2.05 bits per heavy atom. The molecule has 2 rings (SSSR count). The van der Waals surface area contributed by atoms with Crippen LogP contribution in [0.4, 0.5) is 0 Å². The van der Waals surface area contributed by atoms with E-state index in [0.29, 0.717) is 36.2 Å². The summed E-state index contributed by atoms with van der Waals surface area (Å²) in [7, 11) is 3.07. The molecule has 1 fully saturated rings. The van der Waals surface area contributed by atoms with Gasteiger partial charge in [0, 0.05) is 0 Å². The first-order valence-electron chi connectivity index (χ1n) is 6.77. The number of aliphatic hydroxyl groups is 1. The topological polar surface area (TPSA) is 64.5 Å². The summed E-state index contributed by atoms with van der Waals surface area (Å²) in [6.45, 7) is 2.22. The van der Waals surface area contributed by atoms with Crippen LogP contribution in [0, 0.1) is 5.92 Å². The summed E-state index contributed by atoms with van der Waals surface area (Å²) in [6.07, 6.45) is 6.07. The zero-order valence-corrected chi connectivity index (χ0v) is 11.8. The Labute approximate surface area is 114 Å². The van der Waals surface area contributed by atoms with Crippen LogP contribution in [0.1, 0.15) is 44.7 Å². The maximum Gasteiger partial charge on any atom is 0.241 e. The third-order valence-electron chi connectivity index (χ3n) is 3.90. The Hall–Kier alpha value is -1.36. The van der Waals surface area contributed by atoms with E-state index in [9.17, 15) is 5.11 Å². The monoisotopic (exact) mass is 266 g/mol. The van der Waals surface area contributed by atoms with Crippen molar-refractivity contribution in [2.75, 3.05) is 14.2 Å². The minimum Gasteiger partial charge on any atom is -0.480 e. The molecule has 1 aliphatic carbocycles. The Balaban J connectivity index is 2.33. The molecule has 0 bridgehead atoms. The van der Waals surface area contributed by atoms with E-state index < -0.39 is 5.60 Å². The largest absolute Gasteiger partial charge is 0.480 e. The summed E-state index contributed by atoms with van der Waals surface area (Å²) < 4.78 is 10.3. The van der Waals surface area contributed by atoms with Crippen LogP contribution in [0.15, 0.2) is 6.20 Å². The summed E-state index contributed by atoms with van der Waals surface area (Å²) in [4.78, 5) is 8.53. The lowest BCUT2D eigenvalue weighted by atomic mass is 9.90. The van der Waals surface area contributed by atoms with E-state index in [-0.39, 0.29) is 0 Å². The Kier molecular flexibility index (Phi) is 4.24. The molecule has 5 nitrogen and oxygen atoms in total. The molecule has 0 spiro atoms. The summed E-state index contributed by atoms with van der Waals surface area (Å²) in [6, 6.07) is 0. The van der Waals surface area contributed by atoms with Gasteiger partial charge in [0.05, 0.1) is 20.4 Å². The van der Waals surface area contributed by atoms with Gasteiger partial charge in [0.2, 0.25) is 11.8 Å². The highest BCUT2D eigenvalue weighted by molar-refractivity contribution is 5.28. The lowest BCUT2D eigenvalue weighted by Crippen LogP contribution is -2.27. The molecule has 1 N–H and O–H groups in total. The SMILES string of the molecule is COc1cnc(C2(O)CCCC(C)CC2)c(OC)n1. The van der Waals surface area contributed by atoms with Crippen molar-refractivity contribution in [3.8, 4) is 11.8 Å². The number of rotatable bonds is 3. The standard InChI is InChI=1S/C14H22N2O3/c1-10-5-4-7-14(17,8-6-10)12-13(19-3)16-11(18-2)9-15-12/h9-10,17H,4-8H2,1-3H3. The van der Waals surface area contributed by atoms with Gasteiger partial charge in [-0.2, -0.15) is 4.98 Å². The molecule has 1 heterocycles. The molecule has 2 unspecified atom stereocenters. The van der Waals surface area contributed by atoms with Crippen LogP contribution in [-0.4, -0.2) is 29.3 Å². The van der Waals surface area contributed by atoms with Gasteiger partial charge in [-0.25, -0.2) is 4.98 Å². The minimum atomic E-state index is -0.935. The molecular weight excluding hydrogens is 244 g/mol. The molecular formula is C14H22N2O3. The first-order valence-corrected chi connectivity index (χ1v) is 6.77. The number of hydrogen-bond donors (Lipinski definition) is 1. The molecule has 0 radical (unpaired) electrons. The fraction of sp³-hybridized carbons (Fsp3) is 0.714. The Morgan fingerprint density at radius 3 is 2.74 bits per heavy atom. The van der Waals surface area contributed by atoms with Gasteiger partial charge < -0.3 is 14.6 Å². The van der Waals surface area contributed by atoms with E-state index in [1.54, 1.807) is 0 Å². The van der Waals surface area contributed by atoms with Crippen LogP contribution in [0.25, 0.3) is 0 Å². The van der Waals surface area contributed by atoms with Gasteiger partial charge in [0.25, 0.3) is 0 Å². The molecule has 1 aromatic heterocycles. The number of ether oxygens (including phenoxy) is 2. The van der Waals surface area contributed by atoms with Crippen LogP contribution < -0.4 is 9.47 Å². The predicted molar refractivity (Wildman–Crippen MR) is 71.3 cm³/mol. The molecule has 19 heavy (non-hydrogen) atoms. The Morgan fingerprint density at radius 1 is 1.26 bits per heavy atom. The lowest BCUT2D eigenvalue weighted by molar-refractivity contribution is 0.0124. The number of nitrogens with zero attached hydrogens (tertiary/aromatic N) is 2. The third-order valence-corrected chi connectivity index (χ3v) is 3.90. The van der Waals surface area contributed by atoms with Crippen LogP contribution in [0.3, 0.4) is 0 Å². The van der Waals surface area contributed by atoms with Crippen molar-refractivity contribution in [3.05, 3.63) is 11.9 Å². The second kappa shape index (κ2) is 5.74. The van der Waals surface area contributed by atoms with E-state index in [1.807, 2.05) is 0 Å². The molecule has 1 aliphatic rings. The van der Waals surface area contributed by atoms with Crippen LogP contribution in [0.2, 0.25) is 0 Å². The van der Waals surface area contributed by atoms with E-state index >= 15 is 0 Å². The van der Waals surface area contributed by atoms with Crippen LogP contribution in [-0.2, 0) is 5.60 Å². The zero-order valence-electron chi connectivity index (χ0n) is 11.8. The number of hydrogen-bond acceptors (Lipinski definition) is 5. The quantitative estimate of drug-likeness (QED) is 0.850. The fourth-order valence-corrected chi connectivity index (χ4v) is 2.65. The van der Waals surface area contributed by atoms with Gasteiger partial charge >= 0.3 is 0 Å². The van der Waals surface area contributed by atoms with Crippen molar-refractivity contribution in [2.45, 2.75) is 44.6 Å². The van der Waals surface area contributed by atoms with Crippen LogP contribution >= 0.6 is 0 Å². The molecule has 1 saturated carbocycles. The molecule has 0 saturated heterocycles. The highest BCUT2D eigenvalue weighted by Gasteiger charge is 2.36. The van der Waals surface area contributed by atoms with Crippen molar-refractivity contribution in [1.82, 2.24) is 9.97 Å². The molecule has 1 aromatic rings. The molecule has 0 aromatic carbocycles. The summed E-state index contributed by atoms with van der Waals surface area (Å²) >= 11 is 0. The summed E-state index contributed by atoms with van der Waals surface area (Å²) in [5.74, 6) is 1.40. The van der Waals surface area contributed by atoms with Gasteiger partial charge in [-0.15, -0.1) is 0 Å². The van der Waals surface area contributed by atoms with Gasteiger partial charge in [-0.1, -0.05) is 13.3 Å². The average molecular weight is 266 g/mol. The minimum absolute atomic E-state index is 0.358. The van der Waals surface area contributed by atoms with Crippen molar-refractivity contribution in [3.63, 3.8) is 0 Å². The van der Waals surface area contributed by atoms with E-state index in [0.717, 1.165) is 19.3 Å². The molecule has 106 valence electrons. The highest BCUT2D eigenvalue weighted by atomic mass is 16.5. The molecule has 0 amide bonds. The van der Waals surface area contributed by atoms with Gasteiger partial charge in [-0.05, 0) is 31.6 Å².